The first-order valence-corrected chi connectivity index (χ1v) is 4.97. The maximum atomic E-state index is 10.7. The van der Waals surface area contributed by atoms with Crippen molar-refractivity contribution in [3.8, 4) is 0 Å². The van der Waals surface area contributed by atoms with Crippen LogP contribution in [0.2, 0.25) is 0 Å². The van der Waals surface area contributed by atoms with Gasteiger partial charge in [0.25, 0.3) is 0 Å². The van der Waals surface area contributed by atoms with Crippen LogP contribution >= 0.6 is 15.9 Å². The third kappa shape index (κ3) is 2.33. The minimum absolute atomic E-state index is 0.0413. The summed E-state index contributed by atoms with van der Waals surface area (Å²) in [4.78, 5) is 10.7. The van der Waals surface area contributed by atoms with Gasteiger partial charge in [-0.05, 0) is 24.1 Å². The van der Waals surface area contributed by atoms with Crippen LogP contribution in [0.15, 0.2) is 22.7 Å². The maximum Gasteiger partial charge on any atom is 0.310 e. The number of carbonyl (C=O) groups is 1. The molecule has 0 fully saturated rings. The van der Waals surface area contributed by atoms with E-state index in [1.807, 2.05) is 0 Å². The van der Waals surface area contributed by atoms with Gasteiger partial charge in [0, 0.05) is 4.47 Å². The third-order valence-corrected chi connectivity index (χ3v) is 2.77. The van der Waals surface area contributed by atoms with Crippen LogP contribution < -0.4 is 0 Å². The number of hydrogen-bond acceptors (Lipinski definition) is 2. The molecule has 1 unspecified atom stereocenters. The van der Waals surface area contributed by atoms with Crippen molar-refractivity contribution >= 4 is 21.9 Å². The lowest BCUT2D eigenvalue weighted by Gasteiger charge is -2.09. The van der Waals surface area contributed by atoms with Crippen molar-refractivity contribution in [2.45, 2.75) is 19.4 Å². The molecule has 0 saturated carbocycles. The largest absolute Gasteiger partial charge is 0.481 e. The van der Waals surface area contributed by atoms with E-state index in [1.165, 1.54) is 0 Å². The lowest BCUT2D eigenvalue weighted by Crippen LogP contribution is -2.08. The maximum absolute atomic E-state index is 10.7. The summed E-state index contributed by atoms with van der Waals surface area (Å²) in [7, 11) is 0. The highest BCUT2D eigenvalue weighted by Gasteiger charge is 2.16. The van der Waals surface area contributed by atoms with E-state index >= 15 is 0 Å². The number of benzene rings is 1. The SMILES string of the molecule is CC(C(=O)O)c1ccc(CO)cc1Br. The van der Waals surface area contributed by atoms with Gasteiger partial charge in [0.2, 0.25) is 0 Å². The molecule has 0 aliphatic rings. The molecular formula is C10H11BrO3. The minimum Gasteiger partial charge on any atom is -0.481 e. The molecule has 0 radical (unpaired) electrons. The van der Waals surface area contributed by atoms with Crippen molar-refractivity contribution in [3.63, 3.8) is 0 Å². The van der Waals surface area contributed by atoms with Crippen molar-refractivity contribution in [3.05, 3.63) is 33.8 Å². The van der Waals surface area contributed by atoms with Gasteiger partial charge < -0.3 is 10.2 Å². The highest BCUT2D eigenvalue weighted by atomic mass is 79.9. The van der Waals surface area contributed by atoms with Crippen LogP contribution in [-0.4, -0.2) is 16.2 Å². The fourth-order valence-electron chi connectivity index (χ4n) is 1.15. The van der Waals surface area contributed by atoms with Gasteiger partial charge in [-0.25, -0.2) is 0 Å². The fraction of sp³-hybridized carbons (Fsp3) is 0.300. The zero-order valence-corrected chi connectivity index (χ0v) is 9.28. The number of aliphatic hydroxyl groups excluding tert-OH is 1. The molecule has 4 heteroatoms. The van der Waals surface area contributed by atoms with Crippen molar-refractivity contribution in [2.75, 3.05) is 0 Å². The van der Waals surface area contributed by atoms with Crippen molar-refractivity contribution < 1.29 is 15.0 Å². The highest BCUT2D eigenvalue weighted by molar-refractivity contribution is 9.10. The van der Waals surface area contributed by atoms with Gasteiger partial charge in [0.1, 0.15) is 0 Å². The zero-order valence-electron chi connectivity index (χ0n) is 7.70. The average molecular weight is 259 g/mol. The van der Waals surface area contributed by atoms with Crippen LogP contribution in [0.5, 0.6) is 0 Å². The summed E-state index contributed by atoms with van der Waals surface area (Å²) in [6, 6.07) is 5.17. The van der Waals surface area contributed by atoms with Gasteiger partial charge in [0.05, 0.1) is 12.5 Å². The average Bonchev–Trinajstić information content (AvgIpc) is 2.16. The number of aliphatic hydroxyl groups is 1. The van der Waals surface area contributed by atoms with Crippen LogP contribution in [0.25, 0.3) is 0 Å². The first-order valence-electron chi connectivity index (χ1n) is 4.18. The molecule has 0 spiro atoms. The number of halogens is 1. The Hall–Kier alpha value is -0.870. The second-order valence-electron chi connectivity index (χ2n) is 3.07. The first-order chi connectivity index (χ1) is 6.56. The number of aliphatic carboxylic acids is 1. The third-order valence-electron chi connectivity index (χ3n) is 2.08. The lowest BCUT2D eigenvalue weighted by molar-refractivity contribution is -0.138. The summed E-state index contributed by atoms with van der Waals surface area (Å²) in [5.74, 6) is -1.40. The Labute approximate surface area is 90.5 Å². The molecule has 14 heavy (non-hydrogen) atoms. The molecule has 1 atom stereocenters. The van der Waals surface area contributed by atoms with Gasteiger partial charge in [-0.15, -0.1) is 0 Å². The van der Waals surface area contributed by atoms with Gasteiger partial charge in [-0.1, -0.05) is 28.1 Å². The van der Waals surface area contributed by atoms with Crippen LogP contribution in [-0.2, 0) is 11.4 Å². The van der Waals surface area contributed by atoms with Crippen molar-refractivity contribution in [1.29, 1.82) is 0 Å². The van der Waals surface area contributed by atoms with E-state index in [2.05, 4.69) is 15.9 Å². The predicted molar refractivity (Wildman–Crippen MR) is 56.1 cm³/mol. The second kappa shape index (κ2) is 4.57. The predicted octanol–water partition coefficient (Wildman–Crippen LogP) is 2.13. The van der Waals surface area contributed by atoms with E-state index in [4.69, 9.17) is 10.2 Å². The van der Waals surface area contributed by atoms with E-state index in [0.717, 1.165) is 15.6 Å². The molecule has 2 N–H and O–H groups in total. The van der Waals surface area contributed by atoms with E-state index in [-0.39, 0.29) is 6.61 Å². The summed E-state index contributed by atoms with van der Waals surface area (Å²) >= 11 is 3.28. The molecule has 0 amide bonds. The van der Waals surface area contributed by atoms with E-state index in [9.17, 15) is 4.79 Å². The van der Waals surface area contributed by atoms with E-state index < -0.39 is 11.9 Å². The highest BCUT2D eigenvalue weighted by Crippen LogP contribution is 2.26. The fourth-order valence-corrected chi connectivity index (χ4v) is 1.92. The summed E-state index contributed by atoms with van der Waals surface area (Å²) in [6.07, 6.45) is 0. The molecule has 0 heterocycles. The molecule has 0 saturated heterocycles. The smallest absolute Gasteiger partial charge is 0.310 e. The molecule has 0 aliphatic carbocycles. The first kappa shape index (κ1) is 11.2. The van der Waals surface area contributed by atoms with Crippen molar-refractivity contribution in [1.82, 2.24) is 0 Å². The summed E-state index contributed by atoms with van der Waals surface area (Å²) in [6.45, 7) is 1.58. The van der Waals surface area contributed by atoms with E-state index in [0.29, 0.717) is 0 Å². The monoisotopic (exact) mass is 258 g/mol. The van der Waals surface area contributed by atoms with Gasteiger partial charge in [0.15, 0.2) is 0 Å². The standard InChI is InChI=1S/C10H11BrO3/c1-6(10(13)14)8-3-2-7(5-12)4-9(8)11/h2-4,6,12H,5H2,1H3,(H,13,14). The molecule has 1 aromatic rings. The Kier molecular flexibility index (Phi) is 3.66. The Morgan fingerprint density at radius 1 is 1.57 bits per heavy atom. The second-order valence-corrected chi connectivity index (χ2v) is 3.93. The summed E-state index contributed by atoms with van der Waals surface area (Å²) < 4.78 is 0.721. The molecule has 0 aliphatic heterocycles. The number of rotatable bonds is 3. The molecule has 3 nitrogen and oxygen atoms in total. The molecular weight excluding hydrogens is 248 g/mol. The summed E-state index contributed by atoms with van der Waals surface area (Å²) in [5, 5.41) is 17.7. The Balaban J connectivity index is 3.05. The van der Waals surface area contributed by atoms with E-state index in [1.54, 1.807) is 25.1 Å². The minimum atomic E-state index is -0.859. The van der Waals surface area contributed by atoms with Crippen LogP contribution in [0.4, 0.5) is 0 Å². The number of carboxylic acids is 1. The van der Waals surface area contributed by atoms with Crippen LogP contribution in [0, 0.1) is 0 Å². The molecule has 76 valence electrons. The number of carboxylic acid groups (broad SMARTS) is 1. The van der Waals surface area contributed by atoms with Gasteiger partial charge >= 0.3 is 5.97 Å². The molecule has 1 rings (SSSR count). The van der Waals surface area contributed by atoms with Crippen LogP contribution in [0.3, 0.4) is 0 Å². The topological polar surface area (TPSA) is 57.5 Å². The Morgan fingerprint density at radius 2 is 2.21 bits per heavy atom. The normalized spacial score (nSPS) is 12.5. The van der Waals surface area contributed by atoms with Gasteiger partial charge in [-0.2, -0.15) is 0 Å². The zero-order chi connectivity index (χ0) is 10.7. The Bertz CT molecular complexity index is 349. The lowest BCUT2D eigenvalue weighted by atomic mass is 10.0. The van der Waals surface area contributed by atoms with Crippen LogP contribution in [0.1, 0.15) is 24.0 Å². The molecule has 0 bridgehead atoms. The van der Waals surface area contributed by atoms with Crippen molar-refractivity contribution in [2.24, 2.45) is 0 Å². The molecule has 1 aromatic carbocycles. The Morgan fingerprint density at radius 3 is 2.64 bits per heavy atom. The number of hydrogen-bond donors (Lipinski definition) is 2. The molecule has 0 aromatic heterocycles. The van der Waals surface area contributed by atoms with Gasteiger partial charge in [-0.3, -0.25) is 4.79 Å². The quantitative estimate of drug-likeness (QED) is 0.874. The summed E-state index contributed by atoms with van der Waals surface area (Å²) in [5.41, 5.74) is 1.48.